The van der Waals surface area contributed by atoms with Gasteiger partial charge in [0.25, 0.3) is 17.0 Å². The van der Waals surface area contributed by atoms with Crippen molar-refractivity contribution in [2.24, 2.45) is 0 Å². The molecule has 0 saturated carbocycles. The minimum Gasteiger partial charge on any atom is -0.495 e. The molecule has 1 aromatic heterocycles. The van der Waals surface area contributed by atoms with Gasteiger partial charge in [0.2, 0.25) is 0 Å². The van der Waals surface area contributed by atoms with Gasteiger partial charge in [-0.05, 0) is 48.5 Å². The summed E-state index contributed by atoms with van der Waals surface area (Å²) in [4.78, 5) is 40.8. The number of amides is 2. The van der Waals surface area contributed by atoms with Gasteiger partial charge in [0.15, 0.2) is 12.2 Å². The largest absolute Gasteiger partial charge is 0.495 e. The highest BCUT2D eigenvalue weighted by Crippen LogP contribution is 2.24. The molecule has 1 heterocycles. The molecule has 0 aliphatic heterocycles. The van der Waals surface area contributed by atoms with E-state index in [1.165, 1.54) is 7.11 Å². The number of para-hydroxylation sites is 4. The number of ether oxygens (including phenoxy) is 2. The molecule has 0 fully saturated rings. The Bertz CT molecular complexity index is 1320. The first-order valence-corrected chi connectivity index (χ1v) is 11.5. The van der Waals surface area contributed by atoms with Crippen molar-refractivity contribution in [3.05, 3.63) is 78.4 Å². The lowest BCUT2D eigenvalue weighted by molar-refractivity contribution is -0.144. The second-order valence-corrected chi connectivity index (χ2v) is 8.10. The van der Waals surface area contributed by atoms with E-state index in [-0.39, 0.29) is 11.7 Å². The lowest BCUT2D eigenvalue weighted by Gasteiger charge is -2.10. The summed E-state index contributed by atoms with van der Waals surface area (Å²) in [6.45, 7) is -0.441. The fraction of sp³-hybridized carbons (Fsp3) is 0.120. The third kappa shape index (κ3) is 6.39. The highest BCUT2D eigenvalue weighted by molar-refractivity contribution is 7.99. The fourth-order valence-electron chi connectivity index (χ4n) is 3.07. The van der Waals surface area contributed by atoms with E-state index in [9.17, 15) is 14.4 Å². The van der Waals surface area contributed by atoms with E-state index in [4.69, 9.17) is 13.9 Å². The Morgan fingerprint density at radius 3 is 2.46 bits per heavy atom. The van der Waals surface area contributed by atoms with Crippen LogP contribution in [0.5, 0.6) is 5.75 Å². The number of esters is 1. The van der Waals surface area contributed by atoms with Crippen molar-refractivity contribution in [1.29, 1.82) is 0 Å². The summed E-state index contributed by atoms with van der Waals surface area (Å²) < 4.78 is 15.8. The molecule has 10 heteroatoms. The van der Waals surface area contributed by atoms with Gasteiger partial charge >= 0.3 is 5.97 Å². The van der Waals surface area contributed by atoms with Crippen LogP contribution in [0.15, 0.2) is 82.4 Å². The molecular formula is C25H21N3O6S. The lowest BCUT2D eigenvalue weighted by Crippen LogP contribution is -2.21. The lowest BCUT2D eigenvalue weighted by atomic mass is 10.2. The number of aromatic nitrogens is 1. The van der Waals surface area contributed by atoms with Gasteiger partial charge in [-0.15, -0.1) is 0 Å². The number of rotatable bonds is 9. The van der Waals surface area contributed by atoms with E-state index in [0.717, 1.165) is 11.8 Å². The van der Waals surface area contributed by atoms with E-state index in [1.807, 2.05) is 18.2 Å². The first-order chi connectivity index (χ1) is 17.0. The third-order valence-electron chi connectivity index (χ3n) is 4.74. The number of nitrogens with zero attached hydrogens (tertiary/aromatic N) is 1. The van der Waals surface area contributed by atoms with Gasteiger partial charge in [0, 0.05) is 11.3 Å². The Hall–Kier alpha value is -4.31. The van der Waals surface area contributed by atoms with Crippen LogP contribution in [0.1, 0.15) is 10.4 Å². The van der Waals surface area contributed by atoms with E-state index in [2.05, 4.69) is 15.6 Å². The fourth-order valence-corrected chi connectivity index (χ4v) is 3.70. The molecule has 4 aromatic rings. The zero-order valence-corrected chi connectivity index (χ0v) is 19.5. The first kappa shape index (κ1) is 23.8. The molecule has 0 aliphatic carbocycles. The van der Waals surface area contributed by atoms with Crippen molar-refractivity contribution in [2.75, 3.05) is 30.1 Å². The number of carbonyl (C=O) groups is 3. The van der Waals surface area contributed by atoms with Crippen LogP contribution < -0.4 is 15.4 Å². The van der Waals surface area contributed by atoms with Gasteiger partial charge < -0.3 is 24.5 Å². The van der Waals surface area contributed by atoms with Crippen molar-refractivity contribution in [2.45, 2.75) is 5.22 Å². The van der Waals surface area contributed by atoms with Crippen LogP contribution in [0, 0.1) is 0 Å². The number of oxazole rings is 1. The zero-order chi connectivity index (χ0) is 24.6. The Balaban J connectivity index is 1.22. The number of methoxy groups -OCH3 is 1. The zero-order valence-electron chi connectivity index (χ0n) is 18.6. The van der Waals surface area contributed by atoms with Crippen molar-refractivity contribution in [3.63, 3.8) is 0 Å². The topological polar surface area (TPSA) is 120 Å². The summed E-state index contributed by atoms with van der Waals surface area (Å²) in [5.74, 6) is -0.896. The van der Waals surface area contributed by atoms with Crippen LogP contribution in [0.4, 0.5) is 11.4 Å². The highest BCUT2D eigenvalue weighted by atomic mass is 32.2. The minimum atomic E-state index is -0.573. The molecule has 3 aromatic carbocycles. The molecule has 2 amide bonds. The van der Waals surface area contributed by atoms with Gasteiger partial charge in [-0.25, -0.2) is 4.98 Å². The number of hydrogen-bond donors (Lipinski definition) is 2. The summed E-state index contributed by atoms with van der Waals surface area (Å²) in [6.07, 6.45) is 0. The molecule has 0 atom stereocenters. The van der Waals surface area contributed by atoms with Gasteiger partial charge in [0.1, 0.15) is 17.0 Å². The van der Waals surface area contributed by atoms with Gasteiger partial charge in [-0.3, -0.25) is 14.4 Å². The first-order valence-electron chi connectivity index (χ1n) is 10.5. The van der Waals surface area contributed by atoms with Gasteiger partial charge in [-0.2, -0.15) is 0 Å². The standard InChI is InChI=1S/C25H21N3O6S/c1-32-20-8-4-2-6-18(20)27-24(31)16-10-12-17(13-11-16)26-22(29)14-33-23(30)15-35-25-28-19-7-3-5-9-21(19)34-25/h2-13H,14-15H2,1H3,(H,26,29)(H,27,31). The molecule has 0 bridgehead atoms. The molecule has 2 N–H and O–H groups in total. The highest BCUT2D eigenvalue weighted by Gasteiger charge is 2.13. The summed E-state index contributed by atoms with van der Waals surface area (Å²) in [6, 6.07) is 20.7. The summed E-state index contributed by atoms with van der Waals surface area (Å²) in [5, 5.41) is 5.75. The Labute approximate surface area is 204 Å². The minimum absolute atomic E-state index is 0.0455. The molecular weight excluding hydrogens is 470 g/mol. The normalized spacial score (nSPS) is 10.5. The monoisotopic (exact) mass is 491 g/mol. The van der Waals surface area contributed by atoms with Crippen LogP contribution in [-0.2, 0) is 14.3 Å². The predicted octanol–water partition coefficient (Wildman–Crippen LogP) is 4.36. The number of hydrogen-bond acceptors (Lipinski definition) is 8. The second kappa shape index (κ2) is 11.2. The molecule has 0 radical (unpaired) electrons. The van der Waals surface area contributed by atoms with Crippen LogP contribution in [0.2, 0.25) is 0 Å². The second-order valence-electron chi connectivity index (χ2n) is 7.18. The summed E-state index contributed by atoms with van der Waals surface area (Å²) in [5.41, 5.74) is 2.74. The maximum Gasteiger partial charge on any atom is 0.316 e. The average molecular weight is 492 g/mol. The Morgan fingerprint density at radius 1 is 0.943 bits per heavy atom. The molecule has 35 heavy (non-hydrogen) atoms. The van der Waals surface area contributed by atoms with Crippen molar-refractivity contribution >= 4 is 52.0 Å². The SMILES string of the molecule is COc1ccccc1NC(=O)c1ccc(NC(=O)COC(=O)CSc2nc3ccccc3o2)cc1. The number of fused-ring (bicyclic) bond motifs is 1. The van der Waals surface area contributed by atoms with Crippen molar-refractivity contribution < 1.29 is 28.3 Å². The summed E-state index contributed by atoms with van der Waals surface area (Å²) >= 11 is 1.09. The van der Waals surface area contributed by atoms with Crippen molar-refractivity contribution in [3.8, 4) is 5.75 Å². The number of carbonyl (C=O) groups excluding carboxylic acids is 3. The Kier molecular flexibility index (Phi) is 7.63. The molecule has 4 rings (SSSR count). The van der Waals surface area contributed by atoms with Crippen LogP contribution >= 0.6 is 11.8 Å². The number of thioether (sulfide) groups is 1. The predicted molar refractivity (Wildman–Crippen MR) is 132 cm³/mol. The Morgan fingerprint density at radius 2 is 1.69 bits per heavy atom. The maximum absolute atomic E-state index is 12.5. The van der Waals surface area contributed by atoms with Crippen LogP contribution in [0.25, 0.3) is 11.1 Å². The molecule has 0 spiro atoms. The molecule has 9 nitrogen and oxygen atoms in total. The number of nitrogens with one attached hydrogen (secondary N) is 2. The maximum atomic E-state index is 12.5. The van der Waals surface area contributed by atoms with E-state index >= 15 is 0 Å². The molecule has 0 aliphatic rings. The molecule has 0 saturated heterocycles. The van der Waals surface area contributed by atoms with Crippen LogP contribution in [0.3, 0.4) is 0 Å². The van der Waals surface area contributed by atoms with Crippen LogP contribution in [-0.4, -0.2) is 42.2 Å². The van der Waals surface area contributed by atoms with Crippen molar-refractivity contribution in [1.82, 2.24) is 4.98 Å². The number of anilines is 2. The van der Waals surface area contributed by atoms with Gasteiger partial charge in [-0.1, -0.05) is 36.0 Å². The van der Waals surface area contributed by atoms with E-state index < -0.39 is 18.5 Å². The molecule has 0 unspecified atom stereocenters. The molecule has 178 valence electrons. The van der Waals surface area contributed by atoms with E-state index in [0.29, 0.717) is 39.0 Å². The van der Waals surface area contributed by atoms with Gasteiger partial charge in [0.05, 0.1) is 12.8 Å². The third-order valence-corrected chi connectivity index (χ3v) is 5.54. The average Bonchev–Trinajstić information content (AvgIpc) is 3.30. The summed E-state index contributed by atoms with van der Waals surface area (Å²) in [7, 11) is 1.52. The smallest absolute Gasteiger partial charge is 0.316 e. The number of benzene rings is 3. The quantitative estimate of drug-likeness (QED) is 0.262. The van der Waals surface area contributed by atoms with E-state index in [1.54, 1.807) is 54.6 Å².